The van der Waals surface area contributed by atoms with Crippen LogP contribution in [0.4, 0.5) is 5.69 Å². The first-order valence-electron chi connectivity index (χ1n) is 8.87. The van der Waals surface area contributed by atoms with Crippen molar-refractivity contribution < 1.29 is 4.74 Å². The molecule has 24 heavy (non-hydrogen) atoms. The maximum absolute atomic E-state index is 9.32. The number of rotatable bonds is 3. The minimum atomic E-state index is 0.332. The Kier molecular flexibility index (Phi) is 5.65. The van der Waals surface area contributed by atoms with Gasteiger partial charge in [0.1, 0.15) is 6.07 Å². The zero-order valence-corrected chi connectivity index (χ0v) is 15.3. The third-order valence-electron chi connectivity index (χ3n) is 5.05. The molecule has 2 unspecified atom stereocenters. The second kappa shape index (κ2) is 7.74. The predicted molar refractivity (Wildman–Crippen MR) is 97.6 cm³/mol. The van der Waals surface area contributed by atoms with Crippen molar-refractivity contribution in [3.05, 3.63) is 28.8 Å². The van der Waals surface area contributed by atoms with Gasteiger partial charge in [0.25, 0.3) is 0 Å². The second-order valence-corrected chi connectivity index (χ2v) is 7.62. The standard InChI is InChI=1S/C19H26ClN3O/c1-14-11-22(12-15(2)24-14)13-16-5-7-23(8-6-16)19-9-18(20)4-3-17(19)10-21/h3-4,9,14-16H,5-8,11-13H2,1-2H3. The first kappa shape index (κ1) is 17.5. The lowest BCUT2D eigenvalue weighted by Crippen LogP contribution is -2.48. The van der Waals surface area contributed by atoms with Crippen LogP contribution in [0.15, 0.2) is 18.2 Å². The van der Waals surface area contributed by atoms with Crippen LogP contribution in [0.3, 0.4) is 0 Å². The highest BCUT2D eigenvalue weighted by Gasteiger charge is 2.27. The molecular formula is C19H26ClN3O. The third-order valence-corrected chi connectivity index (χ3v) is 5.28. The normalized spacial score (nSPS) is 26.3. The first-order chi connectivity index (χ1) is 11.5. The fourth-order valence-corrected chi connectivity index (χ4v) is 4.18. The molecule has 0 N–H and O–H groups in total. The molecule has 0 radical (unpaired) electrons. The summed E-state index contributed by atoms with van der Waals surface area (Å²) in [7, 11) is 0. The van der Waals surface area contributed by atoms with Gasteiger partial charge in [0.05, 0.1) is 23.5 Å². The molecule has 2 aliphatic heterocycles. The van der Waals surface area contributed by atoms with Crippen LogP contribution < -0.4 is 4.90 Å². The van der Waals surface area contributed by atoms with E-state index in [4.69, 9.17) is 16.3 Å². The zero-order valence-electron chi connectivity index (χ0n) is 14.5. The van der Waals surface area contributed by atoms with Gasteiger partial charge in [-0.1, -0.05) is 11.6 Å². The molecule has 3 rings (SSSR count). The van der Waals surface area contributed by atoms with E-state index in [0.717, 1.165) is 57.2 Å². The summed E-state index contributed by atoms with van der Waals surface area (Å²) in [6.07, 6.45) is 2.99. The topological polar surface area (TPSA) is 39.5 Å². The van der Waals surface area contributed by atoms with Gasteiger partial charge >= 0.3 is 0 Å². The number of hydrogen-bond acceptors (Lipinski definition) is 4. The molecule has 0 spiro atoms. The lowest BCUT2D eigenvalue weighted by molar-refractivity contribution is -0.0720. The third kappa shape index (κ3) is 4.22. The number of benzene rings is 1. The highest BCUT2D eigenvalue weighted by Crippen LogP contribution is 2.29. The summed E-state index contributed by atoms with van der Waals surface area (Å²) >= 11 is 6.12. The summed E-state index contributed by atoms with van der Waals surface area (Å²) in [5.41, 5.74) is 1.70. The van der Waals surface area contributed by atoms with Crippen molar-refractivity contribution in [1.82, 2.24) is 4.90 Å². The first-order valence-corrected chi connectivity index (χ1v) is 9.25. The largest absolute Gasteiger partial charge is 0.373 e. The van der Waals surface area contributed by atoms with Gasteiger partial charge in [-0.05, 0) is 50.8 Å². The van der Waals surface area contributed by atoms with E-state index in [1.54, 1.807) is 6.07 Å². The Hall–Kier alpha value is -1.28. The fraction of sp³-hybridized carbons (Fsp3) is 0.632. The van der Waals surface area contributed by atoms with Gasteiger partial charge in [0.15, 0.2) is 0 Å². The van der Waals surface area contributed by atoms with E-state index in [1.807, 2.05) is 12.1 Å². The molecule has 5 heteroatoms. The van der Waals surface area contributed by atoms with Crippen LogP contribution in [0.2, 0.25) is 5.02 Å². The Bertz CT molecular complexity index is 597. The summed E-state index contributed by atoms with van der Waals surface area (Å²) in [4.78, 5) is 4.87. The minimum absolute atomic E-state index is 0.332. The molecule has 2 atom stereocenters. The predicted octanol–water partition coefficient (Wildman–Crippen LogP) is 3.54. The van der Waals surface area contributed by atoms with Crippen LogP contribution in [-0.4, -0.2) is 49.8 Å². The molecule has 2 saturated heterocycles. The summed E-state index contributed by atoms with van der Waals surface area (Å²) in [6.45, 7) is 9.55. The smallest absolute Gasteiger partial charge is 0.101 e. The van der Waals surface area contributed by atoms with Crippen molar-refractivity contribution in [1.29, 1.82) is 5.26 Å². The van der Waals surface area contributed by atoms with Crippen molar-refractivity contribution in [3.8, 4) is 6.07 Å². The molecule has 0 aliphatic carbocycles. The van der Waals surface area contributed by atoms with E-state index in [1.165, 1.54) is 0 Å². The highest BCUT2D eigenvalue weighted by molar-refractivity contribution is 6.30. The van der Waals surface area contributed by atoms with Gasteiger partial charge in [-0.2, -0.15) is 5.26 Å². The number of hydrogen-bond donors (Lipinski definition) is 0. The number of ether oxygens (including phenoxy) is 1. The lowest BCUT2D eigenvalue weighted by Gasteiger charge is -2.40. The molecule has 2 heterocycles. The molecule has 0 aromatic heterocycles. The summed E-state index contributed by atoms with van der Waals surface area (Å²) in [5, 5.41) is 10.0. The summed E-state index contributed by atoms with van der Waals surface area (Å²) < 4.78 is 5.82. The van der Waals surface area contributed by atoms with Crippen molar-refractivity contribution >= 4 is 17.3 Å². The van der Waals surface area contributed by atoms with Gasteiger partial charge in [-0.25, -0.2) is 0 Å². The number of morpholine rings is 1. The second-order valence-electron chi connectivity index (χ2n) is 7.18. The molecule has 2 fully saturated rings. The Morgan fingerprint density at radius 3 is 2.50 bits per heavy atom. The quantitative estimate of drug-likeness (QED) is 0.838. The van der Waals surface area contributed by atoms with Crippen LogP contribution >= 0.6 is 11.6 Å². The Labute approximate surface area is 149 Å². The molecule has 1 aromatic rings. The fourth-order valence-electron chi connectivity index (χ4n) is 4.02. The highest BCUT2D eigenvalue weighted by atomic mass is 35.5. The Morgan fingerprint density at radius 2 is 1.88 bits per heavy atom. The van der Waals surface area contributed by atoms with Gasteiger partial charge in [-0.15, -0.1) is 0 Å². The number of halogens is 1. The van der Waals surface area contributed by atoms with Crippen molar-refractivity contribution in [3.63, 3.8) is 0 Å². The number of nitriles is 1. The number of piperidine rings is 1. The van der Waals surface area contributed by atoms with Gasteiger partial charge in [0.2, 0.25) is 0 Å². The lowest BCUT2D eigenvalue weighted by atomic mass is 9.95. The Morgan fingerprint density at radius 1 is 1.21 bits per heavy atom. The molecule has 2 aliphatic rings. The zero-order chi connectivity index (χ0) is 17.1. The van der Waals surface area contributed by atoms with Gasteiger partial charge < -0.3 is 9.64 Å². The maximum Gasteiger partial charge on any atom is 0.101 e. The molecule has 1 aromatic carbocycles. The van der Waals surface area contributed by atoms with E-state index in [0.29, 0.717) is 22.8 Å². The van der Waals surface area contributed by atoms with E-state index >= 15 is 0 Å². The minimum Gasteiger partial charge on any atom is -0.373 e. The van der Waals surface area contributed by atoms with Gasteiger partial charge in [-0.3, -0.25) is 4.90 Å². The molecule has 0 amide bonds. The SMILES string of the molecule is CC1CN(CC2CCN(c3cc(Cl)ccc3C#N)CC2)CC(C)O1. The summed E-state index contributed by atoms with van der Waals surface area (Å²) in [5.74, 6) is 0.725. The van der Waals surface area contributed by atoms with Crippen molar-refractivity contribution in [2.24, 2.45) is 5.92 Å². The molecular weight excluding hydrogens is 322 g/mol. The van der Waals surface area contributed by atoms with Crippen LogP contribution in [0, 0.1) is 17.2 Å². The van der Waals surface area contributed by atoms with E-state index in [9.17, 15) is 5.26 Å². The van der Waals surface area contributed by atoms with E-state index < -0.39 is 0 Å². The molecule has 0 saturated carbocycles. The molecule has 130 valence electrons. The van der Waals surface area contributed by atoms with E-state index in [-0.39, 0.29) is 0 Å². The monoisotopic (exact) mass is 347 g/mol. The van der Waals surface area contributed by atoms with Crippen LogP contribution in [-0.2, 0) is 4.74 Å². The molecule has 4 nitrogen and oxygen atoms in total. The number of nitrogens with zero attached hydrogens (tertiary/aromatic N) is 3. The van der Waals surface area contributed by atoms with Crippen molar-refractivity contribution in [2.45, 2.75) is 38.9 Å². The van der Waals surface area contributed by atoms with Crippen LogP contribution in [0.1, 0.15) is 32.3 Å². The van der Waals surface area contributed by atoms with Crippen molar-refractivity contribution in [2.75, 3.05) is 37.6 Å². The average Bonchev–Trinajstić information content (AvgIpc) is 2.54. The van der Waals surface area contributed by atoms with E-state index in [2.05, 4.69) is 29.7 Å². The molecule has 0 bridgehead atoms. The summed E-state index contributed by atoms with van der Waals surface area (Å²) in [6, 6.07) is 7.82. The number of anilines is 1. The Balaban J connectivity index is 1.56. The average molecular weight is 348 g/mol. The van der Waals surface area contributed by atoms with Crippen LogP contribution in [0.25, 0.3) is 0 Å². The van der Waals surface area contributed by atoms with Gasteiger partial charge in [0, 0.05) is 37.7 Å². The van der Waals surface area contributed by atoms with Crippen LogP contribution in [0.5, 0.6) is 0 Å². The maximum atomic E-state index is 9.32.